The molecule has 0 aromatic carbocycles. The molecule has 122 valence electrons. The second kappa shape index (κ2) is 8.44. The molecule has 1 saturated carbocycles. The van der Waals surface area contributed by atoms with Crippen molar-refractivity contribution in [2.45, 2.75) is 25.3 Å². The number of rotatable bonds is 11. The fourth-order valence-electron chi connectivity index (χ4n) is 1.74. The molecular weight excluding hydrogens is 290 g/mol. The van der Waals surface area contributed by atoms with Crippen LogP contribution in [0, 0.1) is 10.1 Å². The minimum Gasteiger partial charge on any atom is -0.382 e. The van der Waals surface area contributed by atoms with E-state index in [1.807, 2.05) is 0 Å². The predicted molar refractivity (Wildman–Crippen MR) is 81.1 cm³/mol. The summed E-state index contributed by atoms with van der Waals surface area (Å²) in [6.45, 7) is 2.39. The highest BCUT2D eigenvalue weighted by Gasteiger charge is 2.26. The second-order valence-electron chi connectivity index (χ2n) is 4.99. The lowest BCUT2D eigenvalue weighted by atomic mass is 10.4. The summed E-state index contributed by atoms with van der Waals surface area (Å²) < 4.78 is 10.2. The molecule has 0 unspecified atom stereocenters. The molecule has 0 aliphatic heterocycles. The largest absolute Gasteiger partial charge is 0.382 e. The lowest BCUT2D eigenvalue weighted by molar-refractivity contribution is -0.384. The lowest BCUT2D eigenvalue weighted by Crippen LogP contribution is -2.12. The van der Waals surface area contributed by atoms with E-state index in [0.29, 0.717) is 32.3 Å². The Hall–Kier alpha value is -2.00. The molecule has 0 radical (unpaired) electrons. The number of nitrogens with zero attached hydrogens (tertiary/aromatic N) is 3. The van der Waals surface area contributed by atoms with Gasteiger partial charge in [0.15, 0.2) is 0 Å². The van der Waals surface area contributed by atoms with Crippen LogP contribution in [0.4, 0.5) is 17.5 Å². The maximum Gasteiger partial charge on any atom is 0.329 e. The van der Waals surface area contributed by atoms with Crippen molar-refractivity contribution >= 4 is 17.5 Å². The average Bonchev–Trinajstić information content (AvgIpc) is 3.30. The molecule has 0 saturated heterocycles. The standard InChI is InChI=1S/C13H21N5O4/c1-21-7-8-22-6-2-5-14-13-15-9-11(18(19)20)12(17-13)16-10-3-4-10/h9-10H,2-8H2,1H3,(H2,14,15,16,17). The van der Waals surface area contributed by atoms with Gasteiger partial charge in [-0.2, -0.15) is 4.98 Å². The highest BCUT2D eigenvalue weighted by atomic mass is 16.6. The molecule has 0 bridgehead atoms. The lowest BCUT2D eigenvalue weighted by Gasteiger charge is -2.08. The number of methoxy groups -OCH3 is 1. The van der Waals surface area contributed by atoms with Crippen LogP contribution in [-0.4, -0.2) is 54.4 Å². The van der Waals surface area contributed by atoms with Crippen LogP contribution in [0.15, 0.2) is 6.20 Å². The van der Waals surface area contributed by atoms with E-state index in [-0.39, 0.29) is 17.5 Å². The monoisotopic (exact) mass is 311 g/mol. The minimum atomic E-state index is -0.474. The summed E-state index contributed by atoms with van der Waals surface area (Å²) in [7, 11) is 1.63. The highest BCUT2D eigenvalue weighted by Crippen LogP contribution is 2.29. The molecule has 1 aromatic heterocycles. The van der Waals surface area contributed by atoms with Gasteiger partial charge < -0.3 is 20.1 Å². The van der Waals surface area contributed by atoms with Gasteiger partial charge in [-0.05, 0) is 19.3 Å². The van der Waals surface area contributed by atoms with Gasteiger partial charge in [-0.3, -0.25) is 10.1 Å². The van der Waals surface area contributed by atoms with Crippen LogP contribution in [0.25, 0.3) is 0 Å². The fourth-order valence-corrected chi connectivity index (χ4v) is 1.74. The van der Waals surface area contributed by atoms with Gasteiger partial charge in [0.2, 0.25) is 11.8 Å². The van der Waals surface area contributed by atoms with Crippen molar-refractivity contribution in [2.75, 3.05) is 44.1 Å². The quantitative estimate of drug-likeness (QED) is 0.358. The molecule has 1 aliphatic rings. The number of ether oxygens (including phenoxy) is 2. The van der Waals surface area contributed by atoms with E-state index in [0.717, 1.165) is 19.3 Å². The van der Waals surface area contributed by atoms with Crippen molar-refractivity contribution in [3.05, 3.63) is 16.3 Å². The Morgan fingerprint density at radius 1 is 1.41 bits per heavy atom. The first kappa shape index (κ1) is 16.4. The van der Waals surface area contributed by atoms with E-state index >= 15 is 0 Å². The summed E-state index contributed by atoms with van der Waals surface area (Å²) in [5.41, 5.74) is -0.0969. The number of anilines is 2. The highest BCUT2D eigenvalue weighted by molar-refractivity contribution is 5.57. The molecule has 9 nitrogen and oxygen atoms in total. The molecule has 1 aromatic rings. The van der Waals surface area contributed by atoms with E-state index in [2.05, 4.69) is 20.6 Å². The van der Waals surface area contributed by atoms with Crippen molar-refractivity contribution in [1.82, 2.24) is 9.97 Å². The summed E-state index contributed by atoms with van der Waals surface area (Å²) in [6, 6.07) is 0.288. The number of nitro groups is 1. The molecule has 1 fully saturated rings. The van der Waals surface area contributed by atoms with Gasteiger partial charge in [0.1, 0.15) is 6.20 Å². The number of aromatic nitrogens is 2. The van der Waals surface area contributed by atoms with E-state index in [9.17, 15) is 10.1 Å². The molecule has 22 heavy (non-hydrogen) atoms. The number of hydrogen-bond donors (Lipinski definition) is 2. The van der Waals surface area contributed by atoms with E-state index in [4.69, 9.17) is 9.47 Å². The summed E-state index contributed by atoms with van der Waals surface area (Å²) in [5, 5.41) is 17.1. The third-order valence-electron chi connectivity index (χ3n) is 3.06. The van der Waals surface area contributed by atoms with Gasteiger partial charge in [-0.1, -0.05) is 0 Å². The smallest absolute Gasteiger partial charge is 0.329 e. The van der Waals surface area contributed by atoms with Crippen LogP contribution in [0.2, 0.25) is 0 Å². The summed E-state index contributed by atoms with van der Waals surface area (Å²) in [5.74, 6) is 0.659. The molecule has 2 rings (SSSR count). The first-order chi connectivity index (χ1) is 10.7. The maximum absolute atomic E-state index is 11.0. The Labute approximate surface area is 128 Å². The van der Waals surface area contributed by atoms with Gasteiger partial charge in [0, 0.05) is 26.3 Å². The van der Waals surface area contributed by atoms with E-state index in [1.165, 1.54) is 6.20 Å². The molecule has 2 N–H and O–H groups in total. The van der Waals surface area contributed by atoms with Gasteiger partial charge >= 0.3 is 5.69 Å². The zero-order valence-corrected chi connectivity index (χ0v) is 12.6. The number of nitrogens with one attached hydrogen (secondary N) is 2. The van der Waals surface area contributed by atoms with Crippen LogP contribution in [0.5, 0.6) is 0 Å². The predicted octanol–water partition coefficient (Wildman–Crippen LogP) is 1.42. The van der Waals surface area contributed by atoms with Gasteiger partial charge in [0.25, 0.3) is 0 Å². The van der Waals surface area contributed by atoms with Crippen molar-refractivity contribution in [2.24, 2.45) is 0 Å². The normalized spacial score (nSPS) is 13.9. The molecule has 1 aliphatic carbocycles. The molecule has 0 amide bonds. The third kappa shape index (κ3) is 5.41. The summed E-state index contributed by atoms with van der Waals surface area (Å²) >= 11 is 0. The van der Waals surface area contributed by atoms with E-state index < -0.39 is 4.92 Å². The third-order valence-corrected chi connectivity index (χ3v) is 3.06. The fraction of sp³-hybridized carbons (Fsp3) is 0.692. The van der Waals surface area contributed by atoms with Crippen LogP contribution in [-0.2, 0) is 9.47 Å². The molecule has 9 heteroatoms. The van der Waals surface area contributed by atoms with Crippen LogP contribution >= 0.6 is 0 Å². The van der Waals surface area contributed by atoms with Crippen LogP contribution < -0.4 is 10.6 Å². The Bertz CT molecular complexity index is 495. The summed E-state index contributed by atoms with van der Waals surface area (Å²) in [6.07, 6.45) is 4.05. The topological polar surface area (TPSA) is 111 Å². The van der Waals surface area contributed by atoms with Gasteiger partial charge in [-0.15, -0.1) is 0 Å². The summed E-state index contributed by atoms with van der Waals surface area (Å²) in [4.78, 5) is 18.6. The van der Waals surface area contributed by atoms with Gasteiger partial charge in [-0.25, -0.2) is 4.98 Å². The molecule has 0 atom stereocenters. The zero-order valence-electron chi connectivity index (χ0n) is 12.6. The second-order valence-corrected chi connectivity index (χ2v) is 4.99. The maximum atomic E-state index is 11.0. The van der Waals surface area contributed by atoms with Crippen LogP contribution in [0.3, 0.4) is 0 Å². The molecule has 0 spiro atoms. The first-order valence-electron chi connectivity index (χ1n) is 7.29. The Balaban J connectivity index is 1.79. The van der Waals surface area contributed by atoms with Gasteiger partial charge in [0.05, 0.1) is 18.1 Å². The Morgan fingerprint density at radius 2 is 2.23 bits per heavy atom. The SMILES string of the molecule is COCCOCCCNc1ncc([N+](=O)[O-])c(NC2CC2)n1. The zero-order chi connectivity index (χ0) is 15.8. The average molecular weight is 311 g/mol. The minimum absolute atomic E-state index is 0.0969. The molecular formula is C13H21N5O4. The van der Waals surface area contributed by atoms with Crippen molar-refractivity contribution in [1.29, 1.82) is 0 Å². The van der Waals surface area contributed by atoms with Crippen molar-refractivity contribution in [3.63, 3.8) is 0 Å². The molecule has 1 heterocycles. The first-order valence-corrected chi connectivity index (χ1v) is 7.29. The Kier molecular flexibility index (Phi) is 6.28. The van der Waals surface area contributed by atoms with Crippen LogP contribution in [0.1, 0.15) is 19.3 Å². The van der Waals surface area contributed by atoms with Crippen molar-refractivity contribution < 1.29 is 14.4 Å². The van der Waals surface area contributed by atoms with Crippen molar-refractivity contribution in [3.8, 4) is 0 Å². The Morgan fingerprint density at radius 3 is 2.91 bits per heavy atom. The van der Waals surface area contributed by atoms with E-state index in [1.54, 1.807) is 7.11 Å². The number of hydrogen-bond acceptors (Lipinski definition) is 8.